The molecule has 0 aliphatic carbocycles. The van der Waals surface area contributed by atoms with Crippen molar-refractivity contribution in [1.82, 2.24) is 0 Å². The fourth-order valence-corrected chi connectivity index (χ4v) is 1.47. The van der Waals surface area contributed by atoms with Crippen molar-refractivity contribution in [3.05, 3.63) is 24.3 Å². The molecule has 4 nitrogen and oxygen atoms in total. The molecule has 0 heterocycles. The Hall–Kier alpha value is -1.26. The van der Waals surface area contributed by atoms with Gasteiger partial charge in [0.25, 0.3) is 0 Å². The number of hydrogen-bond acceptors (Lipinski definition) is 4. The van der Waals surface area contributed by atoms with E-state index in [1.165, 1.54) is 0 Å². The van der Waals surface area contributed by atoms with Crippen molar-refractivity contribution < 1.29 is 14.6 Å². The van der Waals surface area contributed by atoms with Crippen molar-refractivity contribution >= 4 is 5.69 Å². The van der Waals surface area contributed by atoms with E-state index in [-0.39, 0.29) is 6.61 Å². The number of hydrogen-bond donors (Lipinski definition) is 2. The van der Waals surface area contributed by atoms with Crippen LogP contribution < -0.4 is 10.1 Å². The Bertz CT molecular complexity index is 326. The van der Waals surface area contributed by atoms with Crippen molar-refractivity contribution in [3.8, 4) is 5.75 Å². The average Bonchev–Trinajstić information content (AvgIpc) is 2.37. The zero-order valence-electron chi connectivity index (χ0n) is 10.7. The SMILES string of the molecule is CCOCC(C)(CO)Nc1ccc(OC)cc1. The maximum Gasteiger partial charge on any atom is 0.119 e. The van der Waals surface area contributed by atoms with Crippen molar-refractivity contribution in [3.63, 3.8) is 0 Å². The molecule has 0 aliphatic rings. The summed E-state index contributed by atoms with van der Waals surface area (Å²) < 4.78 is 10.4. The number of benzene rings is 1. The van der Waals surface area contributed by atoms with E-state index in [4.69, 9.17) is 9.47 Å². The van der Waals surface area contributed by atoms with Crippen molar-refractivity contribution in [2.75, 3.05) is 32.2 Å². The van der Waals surface area contributed by atoms with Crippen molar-refractivity contribution in [2.24, 2.45) is 0 Å². The van der Waals surface area contributed by atoms with Crippen LogP contribution in [0.4, 0.5) is 5.69 Å². The summed E-state index contributed by atoms with van der Waals surface area (Å²) in [4.78, 5) is 0. The first-order valence-electron chi connectivity index (χ1n) is 5.74. The Morgan fingerprint density at radius 2 is 1.94 bits per heavy atom. The van der Waals surface area contributed by atoms with Crippen LogP contribution in [-0.4, -0.2) is 37.6 Å². The first-order valence-corrected chi connectivity index (χ1v) is 5.74. The molecular weight excluding hydrogens is 218 g/mol. The zero-order valence-corrected chi connectivity index (χ0v) is 10.7. The van der Waals surface area contributed by atoms with E-state index in [1.54, 1.807) is 7.11 Å². The normalized spacial score (nSPS) is 14.1. The van der Waals surface area contributed by atoms with Gasteiger partial charge in [-0.3, -0.25) is 0 Å². The summed E-state index contributed by atoms with van der Waals surface area (Å²) in [5.41, 5.74) is 0.465. The van der Waals surface area contributed by atoms with Gasteiger partial charge in [0.05, 0.1) is 25.9 Å². The topological polar surface area (TPSA) is 50.7 Å². The third-order valence-corrected chi connectivity index (χ3v) is 2.51. The molecule has 1 aromatic carbocycles. The van der Waals surface area contributed by atoms with Crippen LogP contribution in [-0.2, 0) is 4.74 Å². The maximum absolute atomic E-state index is 9.41. The highest BCUT2D eigenvalue weighted by Gasteiger charge is 2.23. The molecule has 2 N–H and O–H groups in total. The quantitative estimate of drug-likeness (QED) is 0.763. The summed E-state index contributed by atoms with van der Waals surface area (Å²) in [6.45, 7) is 4.98. The molecule has 96 valence electrons. The van der Waals surface area contributed by atoms with Gasteiger partial charge < -0.3 is 19.9 Å². The van der Waals surface area contributed by atoms with Crippen LogP contribution in [0.5, 0.6) is 5.75 Å². The van der Waals surface area contributed by atoms with Gasteiger partial charge in [-0.2, -0.15) is 0 Å². The summed E-state index contributed by atoms with van der Waals surface area (Å²) in [6, 6.07) is 7.58. The Morgan fingerprint density at radius 1 is 1.29 bits per heavy atom. The van der Waals surface area contributed by atoms with Gasteiger partial charge in [0.2, 0.25) is 0 Å². The van der Waals surface area contributed by atoms with Crippen LogP contribution in [0.25, 0.3) is 0 Å². The Labute approximate surface area is 103 Å². The van der Waals surface area contributed by atoms with Crippen LogP contribution in [0.15, 0.2) is 24.3 Å². The molecule has 0 aromatic heterocycles. The van der Waals surface area contributed by atoms with Crippen LogP contribution in [0.3, 0.4) is 0 Å². The van der Waals surface area contributed by atoms with Gasteiger partial charge in [-0.05, 0) is 38.1 Å². The smallest absolute Gasteiger partial charge is 0.119 e. The molecule has 0 aliphatic heterocycles. The molecule has 4 heteroatoms. The minimum Gasteiger partial charge on any atom is -0.497 e. The first kappa shape index (κ1) is 13.8. The van der Waals surface area contributed by atoms with Crippen LogP contribution in [0, 0.1) is 0 Å². The van der Waals surface area contributed by atoms with Crippen LogP contribution in [0.2, 0.25) is 0 Å². The maximum atomic E-state index is 9.41. The highest BCUT2D eigenvalue weighted by atomic mass is 16.5. The lowest BCUT2D eigenvalue weighted by atomic mass is 10.0. The van der Waals surface area contributed by atoms with Crippen LogP contribution >= 0.6 is 0 Å². The predicted molar refractivity (Wildman–Crippen MR) is 68.6 cm³/mol. The second-order valence-corrected chi connectivity index (χ2v) is 4.21. The minimum atomic E-state index is -0.468. The average molecular weight is 239 g/mol. The third-order valence-electron chi connectivity index (χ3n) is 2.51. The molecule has 0 fully saturated rings. The van der Waals surface area contributed by atoms with E-state index in [1.807, 2.05) is 38.1 Å². The monoisotopic (exact) mass is 239 g/mol. The largest absolute Gasteiger partial charge is 0.497 e. The fraction of sp³-hybridized carbons (Fsp3) is 0.538. The van der Waals surface area contributed by atoms with E-state index in [9.17, 15) is 5.11 Å². The zero-order chi connectivity index (χ0) is 12.7. The lowest BCUT2D eigenvalue weighted by Gasteiger charge is -2.29. The van der Waals surface area contributed by atoms with Gasteiger partial charge >= 0.3 is 0 Å². The van der Waals surface area contributed by atoms with Gasteiger partial charge in [-0.25, -0.2) is 0 Å². The van der Waals surface area contributed by atoms with Gasteiger partial charge in [0, 0.05) is 12.3 Å². The highest BCUT2D eigenvalue weighted by molar-refractivity contribution is 5.48. The van der Waals surface area contributed by atoms with Gasteiger partial charge in [-0.15, -0.1) is 0 Å². The fourth-order valence-electron chi connectivity index (χ4n) is 1.47. The number of anilines is 1. The molecule has 0 saturated heterocycles. The molecule has 0 saturated carbocycles. The molecule has 1 rings (SSSR count). The minimum absolute atomic E-state index is 0.0129. The number of aliphatic hydroxyl groups excluding tert-OH is 1. The number of methoxy groups -OCH3 is 1. The summed E-state index contributed by atoms with van der Waals surface area (Å²) in [5.74, 6) is 0.811. The molecule has 1 unspecified atom stereocenters. The van der Waals surface area contributed by atoms with E-state index >= 15 is 0 Å². The lowest BCUT2D eigenvalue weighted by Crippen LogP contribution is -2.43. The first-order chi connectivity index (χ1) is 8.13. The molecule has 1 atom stereocenters. The number of aliphatic hydroxyl groups is 1. The summed E-state index contributed by atoms with van der Waals surface area (Å²) in [7, 11) is 1.63. The standard InChI is InChI=1S/C13H21NO3/c1-4-17-10-13(2,9-15)14-11-5-7-12(16-3)8-6-11/h5-8,14-15H,4,9-10H2,1-3H3. The molecular formula is C13H21NO3. The van der Waals surface area contributed by atoms with E-state index in [2.05, 4.69) is 5.32 Å². The molecule has 0 bridgehead atoms. The van der Waals surface area contributed by atoms with Crippen LogP contribution in [0.1, 0.15) is 13.8 Å². The predicted octanol–water partition coefficient (Wildman–Crippen LogP) is 1.89. The van der Waals surface area contributed by atoms with E-state index < -0.39 is 5.54 Å². The Morgan fingerprint density at radius 3 is 2.41 bits per heavy atom. The Kier molecular flexibility index (Phi) is 5.25. The summed E-state index contributed by atoms with van der Waals surface area (Å²) in [6.07, 6.45) is 0. The van der Waals surface area contributed by atoms with E-state index in [0.717, 1.165) is 11.4 Å². The second-order valence-electron chi connectivity index (χ2n) is 4.21. The molecule has 1 aromatic rings. The van der Waals surface area contributed by atoms with Crippen molar-refractivity contribution in [2.45, 2.75) is 19.4 Å². The third kappa shape index (κ3) is 4.24. The van der Waals surface area contributed by atoms with Gasteiger partial charge in [0.15, 0.2) is 0 Å². The summed E-state index contributed by atoms with van der Waals surface area (Å²) >= 11 is 0. The molecule has 0 radical (unpaired) electrons. The molecule has 17 heavy (non-hydrogen) atoms. The lowest BCUT2D eigenvalue weighted by molar-refractivity contribution is 0.0797. The van der Waals surface area contributed by atoms with Gasteiger partial charge in [0.1, 0.15) is 5.75 Å². The number of ether oxygens (including phenoxy) is 2. The van der Waals surface area contributed by atoms with Gasteiger partial charge in [-0.1, -0.05) is 0 Å². The number of nitrogens with one attached hydrogen (secondary N) is 1. The Balaban J connectivity index is 2.65. The highest BCUT2D eigenvalue weighted by Crippen LogP contribution is 2.19. The summed E-state index contributed by atoms with van der Waals surface area (Å²) in [5, 5.41) is 12.7. The van der Waals surface area contributed by atoms with Crippen molar-refractivity contribution in [1.29, 1.82) is 0 Å². The second kappa shape index (κ2) is 6.47. The number of rotatable bonds is 7. The molecule has 0 spiro atoms. The van der Waals surface area contributed by atoms with E-state index in [0.29, 0.717) is 13.2 Å². The molecule has 0 amide bonds.